The molecule has 0 aromatic heterocycles. The topological polar surface area (TPSA) is 57.7 Å². The quantitative estimate of drug-likeness (QED) is 0.803. The first-order chi connectivity index (χ1) is 12.9. The lowest BCUT2D eigenvalue weighted by Crippen LogP contribution is -2.62. The average molecular weight is 388 g/mol. The van der Waals surface area contributed by atoms with Crippen molar-refractivity contribution in [2.45, 2.75) is 18.5 Å². The highest BCUT2D eigenvalue weighted by atomic mass is 32.2. The standard InChI is InChI=1S/C20H21FN2O3S/c21-17-9-5-4-6-15(17)10-11-22-12-20(24)23(16-7-2-1-3-8-16)19-14-27(25,26)13-18(19)22/h1-9,18-19H,10-14H2/t18-,19+/m1/s1. The van der Waals surface area contributed by atoms with E-state index < -0.39 is 15.9 Å². The third-order valence-corrected chi connectivity index (χ3v) is 7.06. The molecule has 0 N–H and O–H groups in total. The van der Waals surface area contributed by atoms with E-state index in [1.165, 1.54) is 6.07 Å². The van der Waals surface area contributed by atoms with Crippen LogP contribution in [0.4, 0.5) is 10.1 Å². The van der Waals surface area contributed by atoms with Crippen LogP contribution in [0.5, 0.6) is 0 Å². The van der Waals surface area contributed by atoms with Gasteiger partial charge in [0.25, 0.3) is 0 Å². The molecule has 0 aliphatic carbocycles. The first-order valence-corrected chi connectivity index (χ1v) is 10.8. The fraction of sp³-hybridized carbons (Fsp3) is 0.350. The molecule has 0 unspecified atom stereocenters. The molecule has 5 nitrogen and oxygen atoms in total. The highest BCUT2D eigenvalue weighted by Crippen LogP contribution is 2.31. The Hall–Kier alpha value is -2.25. The van der Waals surface area contributed by atoms with Gasteiger partial charge in [0.2, 0.25) is 5.91 Å². The van der Waals surface area contributed by atoms with Crippen molar-refractivity contribution in [3.63, 3.8) is 0 Å². The number of para-hydroxylation sites is 1. The molecule has 0 radical (unpaired) electrons. The van der Waals surface area contributed by atoms with Crippen molar-refractivity contribution in [2.24, 2.45) is 0 Å². The summed E-state index contributed by atoms with van der Waals surface area (Å²) in [6.07, 6.45) is 0.439. The number of carbonyl (C=O) groups excluding carboxylic acids is 1. The number of sulfone groups is 1. The fourth-order valence-corrected chi connectivity index (χ4v) is 6.07. The number of rotatable bonds is 4. The Balaban J connectivity index is 1.59. The molecule has 7 heteroatoms. The molecule has 2 aliphatic rings. The van der Waals surface area contributed by atoms with Gasteiger partial charge in [-0.15, -0.1) is 0 Å². The van der Waals surface area contributed by atoms with E-state index in [-0.39, 0.29) is 35.8 Å². The van der Waals surface area contributed by atoms with E-state index in [0.717, 1.165) is 5.69 Å². The fourth-order valence-electron chi connectivity index (χ4n) is 4.09. The van der Waals surface area contributed by atoms with Crippen molar-refractivity contribution < 1.29 is 17.6 Å². The highest BCUT2D eigenvalue weighted by molar-refractivity contribution is 7.91. The number of benzene rings is 2. The van der Waals surface area contributed by atoms with Crippen LogP contribution in [0.3, 0.4) is 0 Å². The van der Waals surface area contributed by atoms with Crippen molar-refractivity contribution >= 4 is 21.4 Å². The van der Waals surface area contributed by atoms with Crippen molar-refractivity contribution in [3.8, 4) is 0 Å². The van der Waals surface area contributed by atoms with E-state index in [0.29, 0.717) is 18.5 Å². The molecule has 2 saturated heterocycles. The molecule has 0 saturated carbocycles. The summed E-state index contributed by atoms with van der Waals surface area (Å²) >= 11 is 0. The lowest BCUT2D eigenvalue weighted by molar-refractivity contribution is -0.123. The van der Waals surface area contributed by atoms with Gasteiger partial charge in [-0.05, 0) is 30.2 Å². The smallest absolute Gasteiger partial charge is 0.241 e. The van der Waals surface area contributed by atoms with Crippen LogP contribution in [0, 0.1) is 5.82 Å². The van der Waals surface area contributed by atoms with Crippen molar-refractivity contribution in [3.05, 3.63) is 66.0 Å². The van der Waals surface area contributed by atoms with E-state index >= 15 is 0 Å². The maximum Gasteiger partial charge on any atom is 0.241 e. The van der Waals surface area contributed by atoms with Crippen LogP contribution >= 0.6 is 0 Å². The summed E-state index contributed by atoms with van der Waals surface area (Å²) in [6.45, 7) is 0.589. The molecular weight excluding hydrogens is 367 g/mol. The summed E-state index contributed by atoms with van der Waals surface area (Å²) in [4.78, 5) is 16.4. The van der Waals surface area contributed by atoms with Gasteiger partial charge in [0.1, 0.15) is 5.82 Å². The van der Waals surface area contributed by atoms with Crippen LogP contribution in [0.25, 0.3) is 0 Å². The van der Waals surface area contributed by atoms with Gasteiger partial charge in [-0.1, -0.05) is 36.4 Å². The number of piperazine rings is 1. The number of hydrogen-bond acceptors (Lipinski definition) is 4. The zero-order valence-electron chi connectivity index (χ0n) is 14.8. The van der Waals surface area contributed by atoms with Crippen molar-refractivity contribution in [1.82, 2.24) is 4.90 Å². The van der Waals surface area contributed by atoms with Gasteiger partial charge in [0, 0.05) is 18.3 Å². The van der Waals surface area contributed by atoms with E-state index in [2.05, 4.69) is 0 Å². The summed E-state index contributed by atoms with van der Waals surface area (Å²) in [6, 6.07) is 15.1. The second-order valence-electron chi connectivity index (χ2n) is 7.12. The number of fused-ring (bicyclic) bond motifs is 1. The van der Waals surface area contributed by atoms with Gasteiger partial charge in [0.05, 0.1) is 24.1 Å². The molecule has 2 aliphatic heterocycles. The van der Waals surface area contributed by atoms with Crippen molar-refractivity contribution in [1.29, 1.82) is 0 Å². The Morgan fingerprint density at radius 1 is 0.963 bits per heavy atom. The second kappa shape index (κ2) is 7.05. The summed E-state index contributed by atoms with van der Waals surface area (Å²) in [7, 11) is -3.23. The molecule has 27 heavy (non-hydrogen) atoms. The molecule has 2 heterocycles. The normalized spacial score (nSPS) is 24.8. The van der Waals surface area contributed by atoms with E-state index in [4.69, 9.17) is 0 Å². The van der Waals surface area contributed by atoms with Crippen LogP contribution in [0.15, 0.2) is 54.6 Å². The number of halogens is 1. The number of anilines is 1. The van der Waals surface area contributed by atoms with Gasteiger partial charge in [-0.2, -0.15) is 0 Å². The van der Waals surface area contributed by atoms with Gasteiger partial charge in [-0.25, -0.2) is 12.8 Å². The van der Waals surface area contributed by atoms with E-state index in [1.807, 2.05) is 35.2 Å². The van der Waals surface area contributed by atoms with Crippen LogP contribution < -0.4 is 4.90 Å². The average Bonchev–Trinajstić information content (AvgIpc) is 2.96. The van der Waals surface area contributed by atoms with Crippen LogP contribution in [0.1, 0.15) is 5.56 Å². The molecule has 2 atom stereocenters. The van der Waals surface area contributed by atoms with Gasteiger partial charge in [0.15, 0.2) is 9.84 Å². The summed E-state index contributed by atoms with van der Waals surface area (Å²) in [5.41, 5.74) is 1.30. The molecule has 2 aromatic rings. The molecule has 142 valence electrons. The van der Waals surface area contributed by atoms with Crippen LogP contribution in [-0.4, -0.2) is 55.9 Å². The minimum Gasteiger partial charge on any atom is -0.306 e. The van der Waals surface area contributed by atoms with Gasteiger partial charge >= 0.3 is 0 Å². The molecule has 1 amide bonds. The number of amides is 1. The first-order valence-electron chi connectivity index (χ1n) is 8.99. The third kappa shape index (κ3) is 3.61. The minimum absolute atomic E-state index is 0.0332. The molecule has 0 bridgehead atoms. The Morgan fingerprint density at radius 3 is 2.37 bits per heavy atom. The minimum atomic E-state index is -3.23. The lowest BCUT2D eigenvalue weighted by atomic mass is 10.0. The Labute approximate surface area is 158 Å². The molecule has 2 aromatic carbocycles. The monoisotopic (exact) mass is 388 g/mol. The third-order valence-electron chi connectivity index (χ3n) is 5.36. The van der Waals surface area contributed by atoms with Gasteiger partial charge < -0.3 is 4.90 Å². The summed E-state index contributed by atoms with van der Waals surface area (Å²) in [5, 5.41) is 0. The second-order valence-corrected chi connectivity index (χ2v) is 9.28. The van der Waals surface area contributed by atoms with Crippen molar-refractivity contribution in [2.75, 3.05) is 29.5 Å². The predicted molar refractivity (Wildman–Crippen MR) is 102 cm³/mol. The Morgan fingerprint density at radius 2 is 1.63 bits per heavy atom. The van der Waals surface area contributed by atoms with Crippen LogP contribution in [-0.2, 0) is 21.1 Å². The maximum absolute atomic E-state index is 13.9. The first kappa shape index (κ1) is 18.1. The Bertz CT molecular complexity index is 949. The van der Waals surface area contributed by atoms with E-state index in [1.54, 1.807) is 23.1 Å². The summed E-state index contributed by atoms with van der Waals surface area (Å²) in [5.74, 6) is -0.393. The highest BCUT2D eigenvalue weighted by Gasteiger charge is 2.49. The maximum atomic E-state index is 13.9. The number of nitrogens with zero attached hydrogens (tertiary/aromatic N) is 2. The zero-order valence-corrected chi connectivity index (χ0v) is 15.6. The zero-order chi connectivity index (χ0) is 19.0. The SMILES string of the molecule is O=C1CN(CCc2ccccc2F)[C@@H]2CS(=O)(=O)C[C@@H]2N1c1ccccc1. The van der Waals surface area contributed by atoms with Crippen LogP contribution in [0.2, 0.25) is 0 Å². The predicted octanol–water partition coefficient (Wildman–Crippen LogP) is 1.88. The number of carbonyl (C=O) groups is 1. The summed E-state index contributed by atoms with van der Waals surface area (Å²) < 4.78 is 38.6. The molecule has 2 fully saturated rings. The molecule has 4 rings (SSSR count). The molecular formula is C20H21FN2O3S. The Kier molecular flexibility index (Phi) is 4.74. The lowest BCUT2D eigenvalue weighted by Gasteiger charge is -2.43. The number of hydrogen-bond donors (Lipinski definition) is 0. The van der Waals surface area contributed by atoms with E-state index in [9.17, 15) is 17.6 Å². The molecule has 0 spiro atoms. The largest absolute Gasteiger partial charge is 0.306 e. The van der Waals surface area contributed by atoms with Gasteiger partial charge in [-0.3, -0.25) is 9.69 Å².